The zero-order valence-electron chi connectivity index (χ0n) is 19.4. The molecular formula is C27H30N2O4. The van der Waals surface area contributed by atoms with Crippen molar-refractivity contribution in [3.63, 3.8) is 0 Å². The van der Waals surface area contributed by atoms with Crippen LogP contribution >= 0.6 is 0 Å². The first kappa shape index (κ1) is 24.0. The number of amides is 1. The van der Waals surface area contributed by atoms with Crippen molar-refractivity contribution >= 4 is 17.6 Å². The molecule has 1 amide bonds. The Bertz CT molecular complexity index is 1030. The van der Waals surface area contributed by atoms with E-state index in [1.807, 2.05) is 36.4 Å². The number of pyridine rings is 1. The molecule has 0 aliphatic rings. The molecule has 0 unspecified atom stereocenters. The van der Waals surface area contributed by atoms with Gasteiger partial charge in [-0.15, -0.1) is 0 Å². The molecule has 6 heteroatoms. The van der Waals surface area contributed by atoms with E-state index in [0.29, 0.717) is 36.1 Å². The monoisotopic (exact) mass is 446 g/mol. The first-order chi connectivity index (χ1) is 16.0. The molecule has 0 saturated heterocycles. The Morgan fingerprint density at radius 1 is 1.00 bits per heavy atom. The lowest BCUT2D eigenvalue weighted by Gasteiger charge is -2.23. The first-order valence-corrected chi connectivity index (χ1v) is 11.2. The highest BCUT2D eigenvalue weighted by Crippen LogP contribution is 2.23. The lowest BCUT2D eigenvalue weighted by Crippen LogP contribution is -2.34. The van der Waals surface area contributed by atoms with Crippen molar-refractivity contribution in [2.24, 2.45) is 0 Å². The summed E-state index contributed by atoms with van der Waals surface area (Å²) >= 11 is 0. The van der Waals surface area contributed by atoms with Gasteiger partial charge < -0.3 is 14.4 Å². The fourth-order valence-corrected chi connectivity index (χ4v) is 3.34. The summed E-state index contributed by atoms with van der Waals surface area (Å²) in [6, 6.07) is 18.4. The molecule has 1 heterocycles. The number of anilines is 1. The van der Waals surface area contributed by atoms with Gasteiger partial charge in [-0.3, -0.25) is 9.78 Å². The summed E-state index contributed by atoms with van der Waals surface area (Å²) < 4.78 is 10.8. The minimum atomic E-state index is -0.390. The van der Waals surface area contributed by atoms with Crippen LogP contribution in [0.25, 0.3) is 0 Å². The Hall–Kier alpha value is -3.67. The number of ether oxygens (including phenoxy) is 2. The van der Waals surface area contributed by atoms with E-state index >= 15 is 0 Å². The van der Waals surface area contributed by atoms with Crippen molar-refractivity contribution in [1.82, 2.24) is 4.98 Å². The van der Waals surface area contributed by atoms with Gasteiger partial charge in [0.1, 0.15) is 5.75 Å². The highest BCUT2D eigenvalue weighted by Gasteiger charge is 2.18. The molecule has 6 nitrogen and oxygen atoms in total. The Morgan fingerprint density at radius 3 is 2.33 bits per heavy atom. The highest BCUT2D eigenvalue weighted by atomic mass is 16.5. The summed E-state index contributed by atoms with van der Waals surface area (Å²) in [6.45, 7) is 6.64. The summed E-state index contributed by atoms with van der Waals surface area (Å²) in [7, 11) is 0. The van der Waals surface area contributed by atoms with E-state index in [1.54, 1.807) is 48.5 Å². The van der Waals surface area contributed by atoms with Gasteiger partial charge in [0, 0.05) is 18.1 Å². The van der Waals surface area contributed by atoms with Crippen LogP contribution in [0, 0.1) is 0 Å². The van der Waals surface area contributed by atoms with Crippen LogP contribution in [0.5, 0.6) is 5.75 Å². The molecular weight excluding hydrogens is 416 g/mol. The number of carbonyl (C=O) groups excluding carboxylic acids is 2. The lowest BCUT2D eigenvalue weighted by molar-refractivity contribution is -0.120. The summed E-state index contributed by atoms with van der Waals surface area (Å²) in [5.74, 6) is 0.537. The summed E-state index contributed by atoms with van der Waals surface area (Å²) in [5, 5.41) is 0. The number of aromatic nitrogens is 1. The molecule has 0 aliphatic heterocycles. The predicted octanol–water partition coefficient (Wildman–Crippen LogP) is 5.38. The van der Waals surface area contributed by atoms with Gasteiger partial charge in [0.2, 0.25) is 0 Å². The molecule has 1 aromatic heterocycles. The maximum absolute atomic E-state index is 13.2. The second kappa shape index (κ2) is 11.8. The van der Waals surface area contributed by atoms with Crippen LogP contribution in [-0.2, 0) is 16.1 Å². The second-order valence-corrected chi connectivity index (χ2v) is 7.78. The molecule has 0 N–H and O–H groups in total. The van der Waals surface area contributed by atoms with E-state index in [-0.39, 0.29) is 12.5 Å². The lowest BCUT2D eigenvalue weighted by atomic mass is 9.99. The molecule has 3 rings (SSSR count). The molecule has 2 aromatic carbocycles. The highest BCUT2D eigenvalue weighted by molar-refractivity contribution is 5.95. The van der Waals surface area contributed by atoms with Crippen molar-refractivity contribution < 1.29 is 19.1 Å². The van der Waals surface area contributed by atoms with Gasteiger partial charge in [0.05, 0.1) is 18.7 Å². The van der Waals surface area contributed by atoms with E-state index in [9.17, 15) is 9.59 Å². The normalized spacial score (nSPS) is 11.5. The second-order valence-electron chi connectivity index (χ2n) is 7.78. The van der Waals surface area contributed by atoms with Gasteiger partial charge in [-0.05, 0) is 72.9 Å². The smallest absolute Gasteiger partial charge is 0.338 e. The van der Waals surface area contributed by atoms with Crippen LogP contribution in [0.15, 0.2) is 73.1 Å². The molecule has 0 spiro atoms. The Labute approximate surface area is 195 Å². The summed E-state index contributed by atoms with van der Waals surface area (Å²) in [6.07, 6.45) is 4.48. The zero-order valence-corrected chi connectivity index (χ0v) is 19.4. The van der Waals surface area contributed by atoms with Crippen LogP contribution in [0.4, 0.5) is 5.69 Å². The van der Waals surface area contributed by atoms with Gasteiger partial charge in [-0.25, -0.2) is 4.79 Å². The Morgan fingerprint density at radius 2 is 1.73 bits per heavy atom. The summed E-state index contributed by atoms with van der Waals surface area (Å²) in [5.41, 5.74) is 3.23. The van der Waals surface area contributed by atoms with Gasteiger partial charge in [0.15, 0.2) is 6.61 Å². The van der Waals surface area contributed by atoms with Gasteiger partial charge >= 0.3 is 5.97 Å². The van der Waals surface area contributed by atoms with E-state index < -0.39 is 5.97 Å². The van der Waals surface area contributed by atoms with Crippen molar-refractivity contribution in [1.29, 1.82) is 0 Å². The van der Waals surface area contributed by atoms with E-state index in [2.05, 4.69) is 18.8 Å². The topological polar surface area (TPSA) is 68.7 Å². The van der Waals surface area contributed by atoms with Gasteiger partial charge in [-0.1, -0.05) is 32.0 Å². The quantitative estimate of drug-likeness (QED) is 0.391. The third-order valence-electron chi connectivity index (χ3n) is 5.48. The standard InChI is InChI=1S/C27H30N2O4/c1-4-20(3)22-10-14-25(15-11-22)33-19-26(30)29(18-21-7-6-16-28-17-21)24-12-8-23(9-13-24)27(31)32-5-2/h6-17,20H,4-5,18-19H2,1-3H3/t20-/m0/s1. The van der Waals surface area contributed by atoms with Crippen molar-refractivity contribution in [3.8, 4) is 5.75 Å². The molecule has 0 radical (unpaired) electrons. The molecule has 0 aliphatic carbocycles. The number of carbonyl (C=O) groups is 2. The molecule has 172 valence electrons. The molecule has 33 heavy (non-hydrogen) atoms. The molecule has 0 saturated carbocycles. The Balaban J connectivity index is 1.74. The SMILES string of the molecule is CCOC(=O)c1ccc(N(Cc2cccnc2)C(=O)COc2ccc([C@@H](C)CC)cc2)cc1. The fourth-order valence-electron chi connectivity index (χ4n) is 3.34. The van der Waals surface area contributed by atoms with E-state index in [1.165, 1.54) is 5.56 Å². The van der Waals surface area contributed by atoms with E-state index in [0.717, 1.165) is 12.0 Å². The minimum absolute atomic E-state index is 0.109. The Kier molecular flexibility index (Phi) is 8.58. The van der Waals surface area contributed by atoms with Gasteiger partial charge in [0.25, 0.3) is 5.91 Å². The van der Waals surface area contributed by atoms with Crippen molar-refractivity contribution in [2.45, 2.75) is 39.7 Å². The van der Waals surface area contributed by atoms with Crippen LogP contribution in [0.2, 0.25) is 0 Å². The van der Waals surface area contributed by atoms with Crippen molar-refractivity contribution in [2.75, 3.05) is 18.1 Å². The molecule has 1 atom stereocenters. The number of rotatable bonds is 10. The molecule has 0 bridgehead atoms. The van der Waals surface area contributed by atoms with Crippen LogP contribution in [0.1, 0.15) is 54.6 Å². The number of esters is 1. The third-order valence-corrected chi connectivity index (χ3v) is 5.48. The molecule has 3 aromatic rings. The third kappa shape index (κ3) is 6.65. The average molecular weight is 447 g/mol. The number of nitrogens with zero attached hydrogens (tertiary/aromatic N) is 2. The number of hydrogen-bond donors (Lipinski definition) is 0. The summed E-state index contributed by atoms with van der Waals surface area (Å²) in [4.78, 5) is 30.9. The van der Waals surface area contributed by atoms with Crippen LogP contribution in [0.3, 0.4) is 0 Å². The minimum Gasteiger partial charge on any atom is -0.484 e. The zero-order chi connectivity index (χ0) is 23.6. The maximum Gasteiger partial charge on any atom is 0.338 e. The van der Waals surface area contributed by atoms with Crippen molar-refractivity contribution in [3.05, 3.63) is 89.7 Å². The van der Waals surface area contributed by atoms with Crippen LogP contribution in [-0.4, -0.2) is 30.1 Å². The molecule has 0 fully saturated rings. The fraction of sp³-hybridized carbons (Fsp3) is 0.296. The van der Waals surface area contributed by atoms with Crippen LogP contribution < -0.4 is 9.64 Å². The predicted molar refractivity (Wildman–Crippen MR) is 128 cm³/mol. The number of benzene rings is 2. The largest absolute Gasteiger partial charge is 0.484 e. The number of hydrogen-bond acceptors (Lipinski definition) is 5. The van der Waals surface area contributed by atoms with E-state index in [4.69, 9.17) is 9.47 Å². The average Bonchev–Trinajstić information content (AvgIpc) is 2.86. The van der Waals surface area contributed by atoms with Gasteiger partial charge in [-0.2, -0.15) is 0 Å². The first-order valence-electron chi connectivity index (χ1n) is 11.2. The maximum atomic E-state index is 13.2.